The summed E-state index contributed by atoms with van der Waals surface area (Å²) in [7, 11) is 0. The Morgan fingerprint density at radius 1 is 1.17 bits per heavy atom. The molecule has 2 heteroatoms. The fourth-order valence-electron chi connectivity index (χ4n) is 3.64. The van der Waals surface area contributed by atoms with E-state index >= 15 is 0 Å². The van der Waals surface area contributed by atoms with E-state index in [0.717, 1.165) is 0 Å². The smallest absolute Gasteiger partial charge is 0.0404 e. The Hall–Kier alpha value is -1.02. The molecule has 0 aromatic heterocycles. The van der Waals surface area contributed by atoms with Crippen molar-refractivity contribution in [3.05, 3.63) is 29.8 Å². The largest absolute Gasteiger partial charge is 0.368 e. The second kappa shape index (κ2) is 4.93. The first-order valence-corrected chi connectivity index (χ1v) is 7.37. The topological polar surface area (TPSA) is 29.3 Å². The minimum absolute atomic E-state index is 0.412. The molecule has 2 N–H and O–H groups in total. The van der Waals surface area contributed by atoms with Gasteiger partial charge in [-0.05, 0) is 49.7 Å². The number of benzene rings is 1. The van der Waals surface area contributed by atoms with Crippen LogP contribution in [0.2, 0.25) is 0 Å². The van der Waals surface area contributed by atoms with Gasteiger partial charge in [0, 0.05) is 24.3 Å². The Morgan fingerprint density at radius 2 is 2.00 bits per heavy atom. The van der Waals surface area contributed by atoms with Gasteiger partial charge in [-0.25, -0.2) is 0 Å². The van der Waals surface area contributed by atoms with Gasteiger partial charge in [0.2, 0.25) is 0 Å². The third-order valence-corrected chi connectivity index (χ3v) is 4.71. The minimum atomic E-state index is 0.412. The van der Waals surface area contributed by atoms with Crippen molar-refractivity contribution in [1.29, 1.82) is 0 Å². The summed E-state index contributed by atoms with van der Waals surface area (Å²) in [6, 6.07) is 10.0. The van der Waals surface area contributed by atoms with E-state index in [1.165, 1.54) is 49.9 Å². The molecule has 1 aromatic carbocycles. The number of nitrogens with two attached hydrogens (primary N) is 1. The summed E-state index contributed by atoms with van der Waals surface area (Å²) in [5.41, 5.74) is 9.15. The fourth-order valence-corrected chi connectivity index (χ4v) is 3.64. The van der Waals surface area contributed by atoms with Crippen LogP contribution in [0.4, 0.5) is 5.69 Å². The highest BCUT2D eigenvalue weighted by Gasteiger charge is 2.29. The van der Waals surface area contributed by atoms with Crippen LogP contribution in [0.3, 0.4) is 0 Å². The maximum atomic E-state index is 6.15. The monoisotopic (exact) mass is 244 g/mol. The van der Waals surface area contributed by atoms with E-state index < -0.39 is 0 Å². The van der Waals surface area contributed by atoms with Crippen LogP contribution in [0.1, 0.15) is 50.5 Å². The van der Waals surface area contributed by atoms with Gasteiger partial charge in [0.05, 0.1) is 0 Å². The number of hydrogen-bond acceptors (Lipinski definition) is 2. The first-order valence-electron chi connectivity index (χ1n) is 7.37. The van der Waals surface area contributed by atoms with Crippen molar-refractivity contribution in [3.8, 4) is 0 Å². The predicted molar refractivity (Wildman–Crippen MR) is 77.1 cm³/mol. The van der Waals surface area contributed by atoms with Crippen molar-refractivity contribution in [2.45, 2.75) is 57.0 Å². The molecule has 0 radical (unpaired) electrons. The van der Waals surface area contributed by atoms with E-state index in [2.05, 4.69) is 36.1 Å². The van der Waals surface area contributed by atoms with Crippen molar-refractivity contribution >= 4 is 5.69 Å². The zero-order chi connectivity index (χ0) is 12.5. The van der Waals surface area contributed by atoms with Gasteiger partial charge in [0.1, 0.15) is 0 Å². The van der Waals surface area contributed by atoms with Crippen LogP contribution in [0, 0.1) is 0 Å². The van der Waals surface area contributed by atoms with Crippen LogP contribution in [0.25, 0.3) is 0 Å². The second-order valence-electron chi connectivity index (χ2n) is 6.02. The Kier molecular flexibility index (Phi) is 3.29. The molecule has 2 aliphatic rings. The van der Waals surface area contributed by atoms with Crippen LogP contribution in [-0.4, -0.2) is 18.6 Å². The molecule has 1 saturated carbocycles. The molecule has 3 unspecified atom stereocenters. The Bertz CT molecular complexity index is 415. The summed E-state index contributed by atoms with van der Waals surface area (Å²) in [6.07, 6.45) is 6.27. The first kappa shape index (κ1) is 12.0. The SMILES string of the molecule is CC1CCN(C2CCCC(N)C2)c2ccccc21. The Balaban J connectivity index is 1.87. The molecule has 1 aromatic rings. The fraction of sp³-hybridized carbons (Fsp3) is 0.625. The average molecular weight is 244 g/mol. The lowest BCUT2D eigenvalue weighted by molar-refractivity contribution is 0.365. The lowest BCUT2D eigenvalue weighted by Gasteiger charge is -2.42. The summed E-state index contributed by atoms with van der Waals surface area (Å²) in [5, 5.41) is 0. The van der Waals surface area contributed by atoms with Crippen LogP contribution in [0.5, 0.6) is 0 Å². The molecule has 1 aliphatic heterocycles. The number of hydrogen-bond donors (Lipinski definition) is 1. The zero-order valence-corrected chi connectivity index (χ0v) is 11.3. The number of rotatable bonds is 1. The molecular weight excluding hydrogens is 220 g/mol. The van der Waals surface area contributed by atoms with E-state index in [0.29, 0.717) is 18.0 Å². The van der Waals surface area contributed by atoms with Gasteiger partial charge in [0.15, 0.2) is 0 Å². The maximum Gasteiger partial charge on any atom is 0.0404 e. The number of para-hydroxylation sites is 1. The molecule has 1 aliphatic carbocycles. The maximum absolute atomic E-state index is 6.15. The third-order valence-electron chi connectivity index (χ3n) is 4.71. The van der Waals surface area contributed by atoms with E-state index in [9.17, 15) is 0 Å². The van der Waals surface area contributed by atoms with Gasteiger partial charge in [-0.15, -0.1) is 0 Å². The Labute approximate surface area is 110 Å². The highest BCUT2D eigenvalue weighted by atomic mass is 15.2. The van der Waals surface area contributed by atoms with Gasteiger partial charge in [-0.2, -0.15) is 0 Å². The summed E-state index contributed by atoms with van der Waals surface area (Å²) >= 11 is 0. The molecule has 1 fully saturated rings. The van der Waals surface area contributed by atoms with Gasteiger partial charge in [-0.1, -0.05) is 25.1 Å². The van der Waals surface area contributed by atoms with Gasteiger partial charge in [-0.3, -0.25) is 0 Å². The highest BCUT2D eigenvalue weighted by Crippen LogP contribution is 2.38. The van der Waals surface area contributed by atoms with Crippen molar-refractivity contribution < 1.29 is 0 Å². The lowest BCUT2D eigenvalue weighted by Crippen LogP contribution is -2.45. The van der Waals surface area contributed by atoms with E-state index in [1.54, 1.807) is 0 Å². The number of anilines is 1. The van der Waals surface area contributed by atoms with Crippen molar-refractivity contribution in [3.63, 3.8) is 0 Å². The van der Waals surface area contributed by atoms with E-state index in [-0.39, 0.29) is 0 Å². The van der Waals surface area contributed by atoms with Gasteiger partial charge < -0.3 is 10.6 Å². The van der Waals surface area contributed by atoms with Crippen LogP contribution in [-0.2, 0) is 0 Å². The Morgan fingerprint density at radius 3 is 2.83 bits per heavy atom. The first-order chi connectivity index (χ1) is 8.75. The van der Waals surface area contributed by atoms with Gasteiger partial charge >= 0.3 is 0 Å². The lowest BCUT2D eigenvalue weighted by atomic mass is 9.86. The van der Waals surface area contributed by atoms with Crippen LogP contribution in [0.15, 0.2) is 24.3 Å². The third kappa shape index (κ3) is 2.14. The molecule has 3 rings (SSSR count). The second-order valence-corrected chi connectivity index (χ2v) is 6.02. The predicted octanol–water partition coefficient (Wildman–Crippen LogP) is 3.27. The summed E-state index contributed by atoms with van der Waals surface area (Å²) in [5.74, 6) is 0.703. The molecule has 0 amide bonds. The summed E-state index contributed by atoms with van der Waals surface area (Å²) < 4.78 is 0. The van der Waals surface area contributed by atoms with E-state index in [1.807, 2.05) is 0 Å². The average Bonchev–Trinajstić information content (AvgIpc) is 2.39. The van der Waals surface area contributed by atoms with Crippen LogP contribution >= 0.6 is 0 Å². The quantitative estimate of drug-likeness (QED) is 0.821. The molecule has 3 atom stereocenters. The molecule has 2 nitrogen and oxygen atoms in total. The van der Waals surface area contributed by atoms with Gasteiger partial charge in [0.25, 0.3) is 0 Å². The normalized spacial score (nSPS) is 32.1. The van der Waals surface area contributed by atoms with Crippen molar-refractivity contribution in [2.24, 2.45) is 5.73 Å². The van der Waals surface area contributed by atoms with Crippen molar-refractivity contribution in [2.75, 3.05) is 11.4 Å². The number of nitrogens with zero attached hydrogens (tertiary/aromatic N) is 1. The standard InChI is InChI=1S/C16H24N2/c1-12-9-10-18(14-6-4-5-13(17)11-14)16-8-3-2-7-15(12)16/h2-3,7-8,12-14H,4-6,9-11,17H2,1H3. The van der Waals surface area contributed by atoms with E-state index in [4.69, 9.17) is 5.73 Å². The molecule has 0 spiro atoms. The molecule has 0 bridgehead atoms. The molecule has 98 valence electrons. The number of fused-ring (bicyclic) bond motifs is 1. The highest BCUT2D eigenvalue weighted by molar-refractivity contribution is 5.57. The molecule has 0 saturated heterocycles. The minimum Gasteiger partial charge on any atom is -0.368 e. The molecule has 1 heterocycles. The summed E-state index contributed by atoms with van der Waals surface area (Å²) in [4.78, 5) is 2.63. The molecule has 18 heavy (non-hydrogen) atoms. The van der Waals surface area contributed by atoms with Crippen LogP contribution < -0.4 is 10.6 Å². The molecular formula is C16H24N2. The van der Waals surface area contributed by atoms with Crippen molar-refractivity contribution in [1.82, 2.24) is 0 Å². The summed E-state index contributed by atoms with van der Waals surface area (Å²) in [6.45, 7) is 3.55. The zero-order valence-electron chi connectivity index (χ0n) is 11.3.